The summed E-state index contributed by atoms with van der Waals surface area (Å²) in [5.41, 5.74) is -1.10. The van der Waals surface area contributed by atoms with E-state index in [1.807, 2.05) is 18.2 Å². The summed E-state index contributed by atoms with van der Waals surface area (Å²) in [5.74, 6) is 0.527. The first-order valence-corrected chi connectivity index (χ1v) is 9.29. The topological polar surface area (TPSA) is 67.8 Å². The summed E-state index contributed by atoms with van der Waals surface area (Å²) in [4.78, 5) is 13.3. The Morgan fingerprint density at radius 1 is 1.19 bits per heavy atom. The van der Waals surface area contributed by atoms with Gasteiger partial charge >= 0.3 is 5.97 Å². The summed E-state index contributed by atoms with van der Waals surface area (Å²) in [6.45, 7) is 0. The van der Waals surface area contributed by atoms with Crippen molar-refractivity contribution < 1.29 is 19.4 Å². The Balaban J connectivity index is 1.73. The van der Waals surface area contributed by atoms with Gasteiger partial charge in [-0.25, -0.2) is 4.79 Å². The summed E-state index contributed by atoms with van der Waals surface area (Å²) in [6.07, 6.45) is 6.41. The zero-order chi connectivity index (χ0) is 18.9. The molecule has 2 N–H and O–H groups in total. The third kappa shape index (κ3) is 2.98. The van der Waals surface area contributed by atoms with E-state index in [9.17, 15) is 9.90 Å². The molecule has 0 amide bonds. The van der Waals surface area contributed by atoms with Crippen molar-refractivity contribution in [3.63, 3.8) is 0 Å². The highest BCUT2D eigenvalue weighted by atomic mass is 16.6. The number of para-hydroxylation sites is 2. The molecule has 0 aromatic heterocycles. The van der Waals surface area contributed by atoms with Crippen molar-refractivity contribution in [1.29, 1.82) is 0 Å². The average Bonchev–Trinajstić information content (AvgIpc) is 2.65. The number of carbonyl (C=O) groups is 1. The zero-order valence-corrected chi connectivity index (χ0v) is 15.2. The predicted octanol–water partition coefficient (Wildman–Crippen LogP) is 3.47. The van der Waals surface area contributed by atoms with Crippen molar-refractivity contribution in [2.24, 2.45) is 5.92 Å². The molecule has 0 saturated heterocycles. The maximum absolute atomic E-state index is 13.3. The molecular weight excluding hydrogens is 342 g/mol. The van der Waals surface area contributed by atoms with Gasteiger partial charge in [-0.15, -0.1) is 0 Å². The largest absolute Gasteiger partial charge is 0.457 e. The van der Waals surface area contributed by atoms with Gasteiger partial charge in [0, 0.05) is 18.2 Å². The zero-order valence-electron chi connectivity index (χ0n) is 15.2. The summed E-state index contributed by atoms with van der Waals surface area (Å²) in [5, 5.41) is 14.5. The van der Waals surface area contributed by atoms with Crippen LogP contribution in [0.15, 0.2) is 60.8 Å². The average molecular weight is 365 g/mol. The molecule has 0 spiro atoms. The van der Waals surface area contributed by atoms with E-state index in [-0.39, 0.29) is 12.0 Å². The first-order chi connectivity index (χ1) is 13.1. The Hall–Kier alpha value is -2.79. The van der Waals surface area contributed by atoms with Crippen LogP contribution in [-0.4, -0.2) is 24.2 Å². The molecule has 4 rings (SSSR count). The van der Waals surface area contributed by atoms with Crippen LogP contribution in [0.4, 0.5) is 0 Å². The van der Waals surface area contributed by atoms with E-state index >= 15 is 0 Å². The van der Waals surface area contributed by atoms with E-state index in [4.69, 9.17) is 9.47 Å². The first kappa shape index (κ1) is 17.6. The maximum atomic E-state index is 13.3. The predicted molar refractivity (Wildman–Crippen MR) is 101 cm³/mol. The van der Waals surface area contributed by atoms with Crippen LogP contribution < -0.4 is 10.1 Å². The highest BCUT2D eigenvalue weighted by molar-refractivity contribution is 5.88. The van der Waals surface area contributed by atoms with Crippen LogP contribution in [0.3, 0.4) is 0 Å². The molecule has 2 aromatic carbocycles. The van der Waals surface area contributed by atoms with Crippen molar-refractivity contribution in [1.82, 2.24) is 5.32 Å². The Morgan fingerprint density at radius 3 is 2.30 bits per heavy atom. The van der Waals surface area contributed by atoms with E-state index in [2.05, 4.69) is 5.32 Å². The van der Waals surface area contributed by atoms with Gasteiger partial charge in [0.2, 0.25) is 5.60 Å². The van der Waals surface area contributed by atoms with Crippen molar-refractivity contribution in [2.45, 2.75) is 31.0 Å². The van der Waals surface area contributed by atoms with Gasteiger partial charge < -0.3 is 19.9 Å². The van der Waals surface area contributed by atoms with Gasteiger partial charge in [-0.1, -0.05) is 42.8 Å². The van der Waals surface area contributed by atoms with Crippen molar-refractivity contribution >= 4 is 5.97 Å². The normalized spacial score (nSPS) is 18.6. The van der Waals surface area contributed by atoms with Crippen LogP contribution >= 0.6 is 0 Å². The van der Waals surface area contributed by atoms with Crippen molar-refractivity contribution in [3.8, 4) is 11.5 Å². The van der Waals surface area contributed by atoms with Gasteiger partial charge in [-0.05, 0) is 43.2 Å². The number of benzene rings is 2. The second kappa shape index (κ2) is 7.08. The lowest BCUT2D eigenvalue weighted by atomic mass is 9.80. The molecule has 0 bridgehead atoms. The monoisotopic (exact) mass is 365 g/mol. The van der Waals surface area contributed by atoms with Crippen LogP contribution in [0, 0.1) is 5.92 Å². The minimum absolute atomic E-state index is 0.285. The molecule has 1 heterocycles. The number of nitrogens with one attached hydrogen (secondary N) is 1. The number of ether oxygens (including phenoxy) is 2. The molecule has 1 atom stereocenters. The fraction of sp³-hybridized carbons (Fsp3) is 0.318. The van der Waals surface area contributed by atoms with Crippen molar-refractivity contribution in [2.75, 3.05) is 7.05 Å². The van der Waals surface area contributed by atoms with E-state index in [1.54, 1.807) is 49.6 Å². The molecule has 27 heavy (non-hydrogen) atoms. The molecule has 1 saturated carbocycles. The summed E-state index contributed by atoms with van der Waals surface area (Å²) in [6, 6.07) is 14.1. The van der Waals surface area contributed by atoms with Gasteiger partial charge in [-0.2, -0.15) is 0 Å². The first-order valence-electron chi connectivity index (χ1n) is 9.29. The molecule has 5 heteroatoms. The Morgan fingerprint density at radius 2 is 1.78 bits per heavy atom. The summed E-state index contributed by atoms with van der Waals surface area (Å²) < 4.78 is 11.7. The third-order valence-corrected chi connectivity index (χ3v) is 5.38. The summed E-state index contributed by atoms with van der Waals surface area (Å²) >= 11 is 0. The number of rotatable bonds is 5. The third-order valence-electron chi connectivity index (χ3n) is 5.38. The highest BCUT2D eigenvalue weighted by Gasteiger charge is 2.49. The van der Waals surface area contributed by atoms with E-state index in [1.165, 1.54) is 0 Å². The standard InChI is InChI=1S/C22H23NO4/c1-23-14-13-18(15-7-6-8-15)27-21(24)22(25)16-9-2-4-11-19(16)26-20-12-5-3-10-17(20)22/h2-5,9-15,18,23,25H,6-8H2,1H3/b14-13+. The molecule has 1 fully saturated rings. The molecular formula is C22H23NO4. The lowest BCUT2D eigenvalue weighted by Gasteiger charge is -2.37. The molecule has 1 unspecified atom stereocenters. The Labute approximate surface area is 158 Å². The van der Waals surface area contributed by atoms with Gasteiger partial charge in [0.05, 0.1) is 0 Å². The minimum Gasteiger partial charge on any atom is -0.457 e. The summed E-state index contributed by atoms with van der Waals surface area (Å²) in [7, 11) is 1.80. The quantitative estimate of drug-likeness (QED) is 0.794. The van der Waals surface area contributed by atoms with Crippen LogP contribution in [0.5, 0.6) is 11.5 Å². The molecule has 140 valence electrons. The smallest absolute Gasteiger partial charge is 0.348 e. The van der Waals surface area contributed by atoms with Gasteiger partial charge in [-0.3, -0.25) is 0 Å². The minimum atomic E-state index is -1.90. The fourth-order valence-corrected chi connectivity index (χ4v) is 3.65. The number of hydrogen-bond donors (Lipinski definition) is 2. The maximum Gasteiger partial charge on any atom is 0.348 e. The molecule has 5 nitrogen and oxygen atoms in total. The number of esters is 1. The second-order valence-electron chi connectivity index (χ2n) is 7.01. The molecule has 2 aliphatic rings. The number of carbonyl (C=O) groups excluding carboxylic acids is 1. The lowest BCUT2D eigenvalue weighted by molar-refractivity contribution is -0.169. The van der Waals surface area contributed by atoms with E-state index in [0.717, 1.165) is 19.3 Å². The molecule has 2 aromatic rings. The van der Waals surface area contributed by atoms with Gasteiger partial charge in [0.1, 0.15) is 17.6 Å². The van der Waals surface area contributed by atoms with Gasteiger partial charge in [0.15, 0.2) is 0 Å². The Kier molecular flexibility index (Phi) is 4.62. The van der Waals surface area contributed by atoms with Crippen LogP contribution in [0.1, 0.15) is 30.4 Å². The van der Waals surface area contributed by atoms with Crippen LogP contribution in [0.2, 0.25) is 0 Å². The molecule has 1 aliphatic heterocycles. The number of aliphatic hydroxyl groups is 1. The second-order valence-corrected chi connectivity index (χ2v) is 7.01. The van der Waals surface area contributed by atoms with Crippen LogP contribution in [0.25, 0.3) is 0 Å². The Bertz CT molecular complexity index is 827. The fourth-order valence-electron chi connectivity index (χ4n) is 3.65. The lowest BCUT2D eigenvalue weighted by Crippen LogP contribution is -2.44. The molecule has 0 radical (unpaired) electrons. The highest BCUT2D eigenvalue weighted by Crippen LogP contribution is 2.47. The molecule has 1 aliphatic carbocycles. The number of hydrogen-bond acceptors (Lipinski definition) is 5. The van der Waals surface area contributed by atoms with E-state index in [0.29, 0.717) is 22.6 Å². The SMILES string of the molecule is CN/C=C/C(OC(=O)C1(O)c2ccccc2Oc2ccccc21)C1CCC1. The van der Waals surface area contributed by atoms with Gasteiger partial charge in [0.25, 0.3) is 0 Å². The van der Waals surface area contributed by atoms with Crippen LogP contribution in [-0.2, 0) is 15.1 Å². The van der Waals surface area contributed by atoms with E-state index < -0.39 is 11.6 Å². The van der Waals surface area contributed by atoms with Crippen molar-refractivity contribution in [3.05, 3.63) is 71.9 Å². The number of fused-ring (bicyclic) bond motifs is 2.